The first-order valence-electron chi connectivity index (χ1n) is 10.9. The van der Waals surface area contributed by atoms with Gasteiger partial charge in [-0.05, 0) is 51.7 Å². The van der Waals surface area contributed by atoms with Crippen LogP contribution in [0, 0.1) is 5.82 Å². The topological polar surface area (TPSA) is 48.9 Å². The number of aliphatic imine (C=N–C) groups is 1. The van der Waals surface area contributed by atoms with Crippen molar-refractivity contribution in [3.63, 3.8) is 0 Å². The number of likely N-dealkylation sites (tertiary alicyclic amines) is 1. The first kappa shape index (κ1) is 24.2. The number of nitrogens with one attached hydrogen (secondary N) is 2. The summed E-state index contributed by atoms with van der Waals surface area (Å²) in [5.74, 6) is 0.769. The first-order chi connectivity index (χ1) is 13.7. The molecule has 2 fully saturated rings. The van der Waals surface area contributed by atoms with E-state index in [4.69, 9.17) is 4.74 Å². The molecule has 0 radical (unpaired) electrons. The summed E-state index contributed by atoms with van der Waals surface area (Å²) in [6.07, 6.45) is 7.66. The Morgan fingerprint density at radius 2 is 1.90 bits per heavy atom. The van der Waals surface area contributed by atoms with E-state index >= 15 is 0 Å². The molecule has 1 aromatic rings. The highest BCUT2D eigenvalue weighted by Crippen LogP contribution is 2.26. The Morgan fingerprint density at radius 1 is 1.21 bits per heavy atom. The number of benzene rings is 1. The Morgan fingerprint density at radius 3 is 2.55 bits per heavy atom. The van der Waals surface area contributed by atoms with Crippen LogP contribution in [-0.4, -0.2) is 55.2 Å². The maximum atomic E-state index is 13.7. The van der Waals surface area contributed by atoms with Gasteiger partial charge in [0.05, 0.1) is 6.54 Å². The minimum atomic E-state index is -0.336. The third kappa shape index (κ3) is 7.59. The zero-order valence-electron chi connectivity index (χ0n) is 17.7. The molecule has 0 amide bonds. The second-order valence-corrected chi connectivity index (χ2v) is 7.97. The van der Waals surface area contributed by atoms with E-state index in [1.165, 1.54) is 44.8 Å². The van der Waals surface area contributed by atoms with Crippen molar-refractivity contribution < 1.29 is 9.13 Å². The molecule has 0 aromatic heterocycles. The lowest BCUT2D eigenvalue weighted by atomic mass is 10.0. The average molecular weight is 518 g/mol. The van der Waals surface area contributed by atoms with Crippen LogP contribution in [0.3, 0.4) is 0 Å². The molecule has 29 heavy (non-hydrogen) atoms. The maximum absolute atomic E-state index is 13.7. The molecule has 164 valence electrons. The van der Waals surface area contributed by atoms with Gasteiger partial charge in [-0.15, -0.1) is 24.0 Å². The summed E-state index contributed by atoms with van der Waals surface area (Å²) in [6.45, 7) is 7.63. The number of nitrogens with zero attached hydrogens (tertiary/aromatic N) is 2. The summed E-state index contributed by atoms with van der Waals surface area (Å²) in [4.78, 5) is 7.34. The van der Waals surface area contributed by atoms with Crippen LogP contribution in [-0.2, 0) is 0 Å². The zero-order chi connectivity index (χ0) is 19.8. The highest BCUT2D eigenvalue weighted by Gasteiger charge is 2.27. The number of guanidine groups is 1. The number of halogens is 2. The van der Waals surface area contributed by atoms with Gasteiger partial charge in [0.25, 0.3) is 0 Å². The molecular weight excluding hydrogens is 482 g/mol. The van der Waals surface area contributed by atoms with Crippen LogP contribution in [0.1, 0.15) is 52.4 Å². The summed E-state index contributed by atoms with van der Waals surface area (Å²) in [5.41, 5.74) is 0. The van der Waals surface area contributed by atoms with Gasteiger partial charge in [0.2, 0.25) is 0 Å². The number of rotatable bonds is 7. The van der Waals surface area contributed by atoms with Gasteiger partial charge in [-0.25, -0.2) is 9.38 Å². The normalized spacial score (nSPS) is 20.2. The van der Waals surface area contributed by atoms with E-state index in [9.17, 15) is 4.39 Å². The molecule has 7 heteroatoms. The number of piperidine rings is 1. The lowest BCUT2D eigenvalue weighted by Crippen LogP contribution is -2.50. The van der Waals surface area contributed by atoms with Gasteiger partial charge >= 0.3 is 0 Å². The van der Waals surface area contributed by atoms with E-state index in [0.717, 1.165) is 31.4 Å². The molecule has 1 saturated heterocycles. The number of para-hydroxylation sites is 1. The van der Waals surface area contributed by atoms with Gasteiger partial charge < -0.3 is 20.3 Å². The van der Waals surface area contributed by atoms with Crippen LogP contribution >= 0.6 is 24.0 Å². The van der Waals surface area contributed by atoms with Gasteiger partial charge in [0.1, 0.15) is 6.10 Å². The Labute approximate surface area is 191 Å². The zero-order valence-corrected chi connectivity index (χ0v) is 20.0. The van der Waals surface area contributed by atoms with Crippen molar-refractivity contribution in [2.24, 2.45) is 4.99 Å². The predicted molar refractivity (Wildman–Crippen MR) is 128 cm³/mol. The monoisotopic (exact) mass is 518 g/mol. The standard InChI is InChI=1S/C22H35FN4O.HI/c1-3-24-22(25-16-17(2)28-21-11-7-6-10-20(21)23)26-18-12-14-27(15-13-18)19-8-4-5-9-19;/h6-7,10-11,17-19H,3-5,8-9,12-16H2,1-2H3,(H2,24,25,26);1H. The van der Waals surface area contributed by atoms with Crippen LogP contribution < -0.4 is 15.4 Å². The molecule has 1 heterocycles. The quantitative estimate of drug-likeness (QED) is 0.323. The second kappa shape index (κ2) is 12.6. The number of hydrogen-bond donors (Lipinski definition) is 2. The fraction of sp³-hybridized carbons (Fsp3) is 0.682. The molecule has 1 aliphatic heterocycles. The highest BCUT2D eigenvalue weighted by molar-refractivity contribution is 14.0. The molecule has 3 rings (SSSR count). The van der Waals surface area contributed by atoms with E-state index in [1.54, 1.807) is 18.2 Å². The molecule has 1 aliphatic carbocycles. The second-order valence-electron chi connectivity index (χ2n) is 7.97. The summed E-state index contributed by atoms with van der Waals surface area (Å²) in [5, 5.41) is 6.90. The van der Waals surface area contributed by atoms with Crippen molar-refractivity contribution in [2.45, 2.75) is 70.6 Å². The molecule has 1 saturated carbocycles. The minimum Gasteiger partial charge on any atom is -0.486 e. The van der Waals surface area contributed by atoms with Crippen LogP contribution in [0.15, 0.2) is 29.3 Å². The first-order valence-corrected chi connectivity index (χ1v) is 10.9. The van der Waals surface area contributed by atoms with Gasteiger partial charge in [-0.1, -0.05) is 25.0 Å². The summed E-state index contributed by atoms with van der Waals surface area (Å²) in [7, 11) is 0. The number of ether oxygens (including phenoxy) is 1. The van der Waals surface area contributed by atoms with Crippen molar-refractivity contribution in [1.29, 1.82) is 0 Å². The van der Waals surface area contributed by atoms with E-state index in [1.807, 2.05) is 6.92 Å². The SMILES string of the molecule is CCNC(=NCC(C)Oc1ccccc1F)NC1CCN(C2CCCC2)CC1.I. The smallest absolute Gasteiger partial charge is 0.191 e. The van der Waals surface area contributed by atoms with E-state index < -0.39 is 0 Å². The van der Waals surface area contributed by atoms with Gasteiger partial charge in [-0.3, -0.25) is 0 Å². The van der Waals surface area contributed by atoms with Crippen LogP contribution in [0.25, 0.3) is 0 Å². The molecule has 1 aromatic carbocycles. The summed E-state index contributed by atoms with van der Waals surface area (Å²) < 4.78 is 19.4. The lowest BCUT2D eigenvalue weighted by Gasteiger charge is -2.36. The minimum absolute atomic E-state index is 0. The average Bonchev–Trinajstić information content (AvgIpc) is 3.23. The fourth-order valence-corrected chi connectivity index (χ4v) is 4.21. The third-order valence-corrected chi connectivity index (χ3v) is 5.73. The maximum Gasteiger partial charge on any atom is 0.191 e. The molecule has 1 unspecified atom stereocenters. The summed E-state index contributed by atoms with van der Waals surface area (Å²) in [6, 6.07) is 7.78. The van der Waals surface area contributed by atoms with Crippen molar-refractivity contribution >= 4 is 29.9 Å². The molecule has 2 aliphatic rings. The Hall–Kier alpha value is -1.09. The Kier molecular flexibility index (Phi) is 10.5. The lowest BCUT2D eigenvalue weighted by molar-refractivity contribution is 0.150. The largest absolute Gasteiger partial charge is 0.486 e. The van der Waals surface area contributed by atoms with Crippen LogP contribution in [0.4, 0.5) is 4.39 Å². The third-order valence-electron chi connectivity index (χ3n) is 5.73. The Balaban J connectivity index is 0.00000300. The summed E-state index contributed by atoms with van der Waals surface area (Å²) >= 11 is 0. The highest BCUT2D eigenvalue weighted by atomic mass is 127. The molecule has 5 nitrogen and oxygen atoms in total. The van der Waals surface area contributed by atoms with E-state index in [-0.39, 0.29) is 41.6 Å². The van der Waals surface area contributed by atoms with Crippen molar-refractivity contribution in [1.82, 2.24) is 15.5 Å². The molecule has 0 spiro atoms. The van der Waals surface area contributed by atoms with Crippen molar-refractivity contribution in [3.05, 3.63) is 30.1 Å². The van der Waals surface area contributed by atoms with E-state index in [2.05, 4.69) is 27.4 Å². The molecule has 1 atom stereocenters. The molecular formula is C22H36FIN4O. The van der Waals surface area contributed by atoms with Gasteiger partial charge in [-0.2, -0.15) is 0 Å². The number of hydrogen-bond acceptors (Lipinski definition) is 3. The van der Waals surface area contributed by atoms with Gasteiger partial charge in [0, 0.05) is 31.7 Å². The molecule has 0 bridgehead atoms. The predicted octanol–water partition coefficient (Wildman–Crippen LogP) is 4.17. The van der Waals surface area contributed by atoms with Crippen LogP contribution in [0.2, 0.25) is 0 Å². The van der Waals surface area contributed by atoms with E-state index in [0.29, 0.717) is 12.6 Å². The fourth-order valence-electron chi connectivity index (χ4n) is 4.21. The van der Waals surface area contributed by atoms with Crippen LogP contribution in [0.5, 0.6) is 5.75 Å². The van der Waals surface area contributed by atoms with Crippen molar-refractivity contribution in [3.8, 4) is 5.75 Å². The van der Waals surface area contributed by atoms with Gasteiger partial charge in [0.15, 0.2) is 17.5 Å². The molecule has 2 N–H and O–H groups in total. The van der Waals surface area contributed by atoms with Crippen molar-refractivity contribution in [2.75, 3.05) is 26.2 Å². The Bertz CT molecular complexity index is 631.